The van der Waals surface area contributed by atoms with Crippen LogP contribution < -0.4 is 5.73 Å². The van der Waals surface area contributed by atoms with Gasteiger partial charge in [-0.2, -0.15) is 0 Å². The molecule has 0 aliphatic heterocycles. The number of fused-ring (bicyclic) bond motifs is 1. The monoisotopic (exact) mass is 230 g/mol. The highest BCUT2D eigenvalue weighted by Gasteiger charge is 2.29. The van der Waals surface area contributed by atoms with Crippen molar-refractivity contribution in [2.24, 2.45) is 12.8 Å². The third-order valence-electron chi connectivity index (χ3n) is 3.41. The van der Waals surface area contributed by atoms with Crippen LogP contribution in [0.15, 0.2) is 6.20 Å². The van der Waals surface area contributed by atoms with E-state index in [0.29, 0.717) is 12.5 Å². The van der Waals surface area contributed by atoms with Crippen molar-refractivity contribution < 1.29 is 0 Å². The van der Waals surface area contributed by atoms with E-state index in [-0.39, 0.29) is 0 Å². The smallest absolute Gasteiger partial charge is 0.143 e. The molecule has 1 aliphatic rings. The Morgan fingerprint density at radius 2 is 2.18 bits per heavy atom. The number of rotatable bonds is 3. The van der Waals surface area contributed by atoms with Gasteiger partial charge in [-0.3, -0.25) is 0 Å². The van der Waals surface area contributed by atoms with Crippen molar-refractivity contribution >= 4 is 11.0 Å². The van der Waals surface area contributed by atoms with Crippen molar-refractivity contribution in [1.82, 2.24) is 14.5 Å². The Morgan fingerprint density at radius 1 is 1.41 bits per heavy atom. The zero-order chi connectivity index (χ0) is 12.0. The van der Waals surface area contributed by atoms with E-state index >= 15 is 0 Å². The Hall–Kier alpha value is -1.42. The molecule has 2 heterocycles. The number of nitrogens with zero attached hydrogens (tertiary/aromatic N) is 3. The number of aryl methyl sites for hydroxylation is 2. The van der Waals surface area contributed by atoms with Crippen LogP contribution in [-0.2, 0) is 13.5 Å². The number of nitrogens with two attached hydrogens (primary N) is 1. The summed E-state index contributed by atoms with van der Waals surface area (Å²) < 4.78 is 2.10. The van der Waals surface area contributed by atoms with Gasteiger partial charge in [0.05, 0.1) is 5.69 Å². The van der Waals surface area contributed by atoms with Crippen LogP contribution in [0.2, 0.25) is 0 Å². The van der Waals surface area contributed by atoms with E-state index in [0.717, 1.165) is 17.9 Å². The first-order valence-electron chi connectivity index (χ1n) is 6.23. The van der Waals surface area contributed by atoms with E-state index in [1.54, 1.807) is 0 Å². The molecule has 3 rings (SSSR count). The molecule has 1 saturated carbocycles. The van der Waals surface area contributed by atoms with Gasteiger partial charge in [0.2, 0.25) is 0 Å². The summed E-state index contributed by atoms with van der Waals surface area (Å²) in [5.74, 6) is 1.53. The van der Waals surface area contributed by atoms with Gasteiger partial charge in [0, 0.05) is 24.5 Å². The highest BCUT2D eigenvalue weighted by molar-refractivity contribution is 5.84. The fourth-order valence-electron chi connectivity index (χ4n) is 2.50. The van der Waals surface area contributed by atoms with Gasteiger partial charge in [-0.25, -0.2) is 9.97 Å². The second kappa shape index (κ2) is 3.81. The number of aromatic nitrogens is 3. The molecule has 0 saturated heterocycles. The summed E-state index contributed by atoms with van der Waals surface area (Å²) in [7, 11) is 2.05. The minimum absolute atomic E-state index is 0.651. The summed E-state index contributed by atoms with van der Waals surface area (Å²) in [5, 5.41) is 1.26. The topological polar surface area (TPSA) is 56.7 Å². The molecule has 0 amide bonds. The summed E-state index contributed by atoms with van der Waals surface area (Å²) in [6.45, 7) is 2.65. The lowest BCUT2D eigenvalue weighted by atomic mass is 10.1. The zero-order valence-corrected chi connectivity index (χ0v) is 10.4. The largest absolute Gasteiger partial charge is 0.335 e. The first-order chi connectivity index (χ1) is 8.20. The lowest BCUT2D eigenvalue weighted by Crippen LogP contribution is -2.03. The van der Waals surface area contributed by atoms with E-state index in [1.165, 1.54) is 29.5 Å². The van der Waals surface area contributed by atoms with Crippen molar-refractivity contribution in [3.05, 3.63) is 23.3 Å². The van der Waals surface area contributed by atoms with E-state index in [4.69, 9.17) is 5.73 Å². The van der Waals surface area contributed by atoms with E-state index in [2.05, 4.69) is 20.7 Å². The first-order valence-corrected chi connectivity index (χ1v) is 6.23. The van der Waals surface area contributed by atoms with Gasteiger partial charge in [0.1, 0.15) is 11.5 Å². The molecular formula is C13H18N4. The van der Waals surface area contributed by atoms with Gasteiger partial charge in [0.15, 0.2) is 0 Å². The van der Waals surface area contributed by atoms with Crippen molar-refractivity contribution in [3.63, 3.8) is 0 Å². The van der Waals surface area contributed by atoms with Crippen molar-refractivity contribution in [2.45, 2.75) is 32.1 Å². The Morgan fingerprint density at radius 3 is 2.82 bits per heavy atom. The van der Waals surface area contributed by atoms with Gasteiger partial charge in [-0.05, 0) is 38.3 Å². The summed E-state index contributed by atoms with van der Waals surface area (Å²) in [6, 6.07) is 0. The van der Waals surface area contributed by atoms with E-state index < -0.39 is 0 Å². The van der Waals surface area contributed by atoms with Crippen LogP contribution in [0.5, 0.6) is 0 Å². The van der Waals surface area contributed by atoms with Crippen LogP contribution in [0.4, 0.5) is 0 Å². The molecule has 0 unspecified atom stereocenters. The Kier molecular flexibility index (Phi) is 2.40. The normalized spacial score (nSPS) is 15.7. The Balaban J connectivity index is 2.28. The van der Waals surface area contributed by atoms with Crippen molar-refractivity contribution in [3.8, 4) is 0 Å². The van der Waals surface area contributed by atoms with Crippen molar-refractivity contribution in [2.75, 3.05) is 6.54 Å². The Labute approximate surface area is 101 Å². The van der Waals surface area contributed by atoms with E-state index in [9.17, 15) is 0 Å². The molecule has 2 aromatic rings. The van der Waals surface area contributed by atoms with Gasteiger partial charge in [0.25, 0.3) is 0 Å². The van der Waals surface area contributed by atoms with Crippen LogP contribution >= 0.6 is 0 Å². The van der Waals surface area contributed by atoms with Crippen LogP contribution in [0.1, 0.15) is 35.8 Å². The van der Waals surface area contributed by atoms with Crippen LogP contribution in [-0.4, -0.2) is 21.1 Å². The van der Waals surface area contributed by atoms with Gasteiger partial charge in [-0.15, -0.1) is 0 Å². The fraction of sp³-hybridized carbons (Fsp3) is 0.538. The van der Waals surface area contributed by atoms with Gasteiger partial charge < -0.3 is 10.3 Å². The first kappa shape index (κ1) is 10.7. The Bertz CT molecular complexity index is 566. The van der Waals surface area contributed by atoms with Crippen molar-refractivity contribution in [1.29, 1.82) is 0 Å². The predicted molar refractivity (Wildman–Crippen MR) is 68.0 cm³/mol. The molecule has 0 spiro atoms. The van der Waals surface area contributed by atoms with E-state index in [1.807, 2.05) is 14.0 Å². The third kappa shape index (κ3) is 1.72. The number of hydrogen-bond acceptors (Lipinski definition) is 3. The average molecular weight is 230 g/mol. The highest BCUT2D eigenvalue weighted by atomic mass is 15.0. The average Bonchev–Trinajstić information content (AvgIpc) is 3.07. The summed E-state index contributed by atoms with van der Waals surface area (Å²) in [5.41, 5.74) is 9.29. The number of hydrogen-bond donors (Lipinski definition) is 1. The second-order valence-corrected chi connectivity index (χ2v) is 4.93. The summed E-state index contributed by atoms with van der Waals surface area (Å²) in [6.07, 6.45) is 5.59. The molecule has 0 atom stereocenters. The minimum Gasteiger partial charge on any atom is -0.335 e. The molecule has 4 heteroatoms. The SMILES string of the molecule is Cc1nc(C2CC2)c2c(CCN)cn(C)c2n1. The molecule has 0 radical (unpaired) electrons. The molecule has 2 aromatic heterocycles. The standard InChI is InChI=1S/C13H18N4/c1-8-15-12(9-3-4-9)11-10(5-6-14)7-17(2)13(11)16-8/h7,9H,3-6,14H2,1-2H3. The molecule has 1 aliphatic carbocycles. The van der Waals surface area contributed by atoms with Crippen LogP contribution in [0.3, 0.4) is 0 Å². The summed E-state index contributed by atoms with van der Waals surface area (Å²) >= 11 is 0. The van der Waals surface area contributed by atoms with Crippen LogP contribution in [0.25, 0.3) is 11.0 Å². The molecule has 17 heavy (non-hydrogen) atoms. The fourth-order valence-corrected chi connectivity index (χ4v) is 2.50. The van der Waals surface area contributed by atoms with Crippen LogP contribution in [0, 0.1) is 6.92 Å². The quantitative estimate of drug-likeness (QED) is 0.872. The minimum atomic E-state index is 0.651. The maximum atomic E-state index is 5.68. The zero-order valence-electron chi connectivity index (χ0n) is 10.4. The second-order valence-electron chi connectivity index (χ2n) is 4.93. The highest BCUT2D eigenvalue weighted by Crippen LogP contribution is 2.42. The summed E-state index contributed by atoms with van der Waals surface area (Å²) in [4.78, 5) is 9.21. The molecule has 0 aromatic carbocycles. The molecule has 0 bridgehead atoms. The molecule has 1 fully saturated rings. The maximum Gasteiger partial charge on any atom is 0.143 e. The molecular weight excluding hydrogens is 212 g/mol. The van der Waals surface area contributed by atoms with Gasteiger partial charge >= 0.3 is 0 Å². The predicted octanol–water partition coefficient (Wildman–Crippen LogP) is 1.66. The lowest BCUT2D eigenvalue weighted by Gasteiger charge is -2.05. The van der Waals surface area contributed by atoms with Gasteiger partial charge in [-0.1, -0.05) is 0 Å². The third-order valence-corrected chi connectivity index (χ3v) is 3.41. The lowest BCUT2D eigenvalue weighted by molar-refractivity contribution is 0.906. The molecule has 2 N–H and O–H groups in total. The molecule has 4 nitrogen and oxygen atoms in total. The maximum absolute atomic E-state index is 5.68. The molecule has 90 valence electrons.